The number of amides is 3. The molecule has 1 unspecified atom stereocenters. The fourth-order valence-corrected chi connectivity index (χ4v) is 5.30. The van der Waals surface area contributed by atoms with Crippen LogP contribution in [0.15, 0.2) is 97.2 Å². The standard InChI is InChI=1S/C40H49N5O7/c1-7-51-36(47)31(29-19-13-9-14-20-29)23-24-45-25-33(42-34(45)30-21-15-10-16-22-30)43-35(46)32(27-50-26-28-17-11-8-12-18-28)41-37(48)40(5,6)44-38(49)52-39(2,3)4/h8-22,25,31-32H,7,23-24,26-27H2,1-6H3,(H,41,48)(H,43,46)(H,44,49)/t31?,32-/m1/s1. The molecule has 0 aliphatic carbocycles. The number of alkyl carbamates (subject to hydrolysis) is 1. The molecule has 52 heavy (non-hydrogen) atoms. The maximum atomic E-state index is 13.9. The second-order valence-electron chi connectivity index (χ2n) is 13.8. The Balaban J connectivity index is 1.56. The third-order valence-corrected chi connectivity index (χ3v) is 7.89. The molecule has 0 spiro atoms. The van der Waals surface area contributed by atoms with Crippen molar-refractivity contribution < 1.29 is 33.4 Å². The molecule has 3 aromatic carbocycles. The highest BCUT2D eigenvalue weighted by atomic mass is 16.6. The zero-order chi connectivity index (χ0) is 37.7. The summed E-state index contributed by atoms with van der Waals surface area (Å²) in [5.74, 6) is -1.21. The largest absolute Gasteiger partial charge is 0.466 e. The van der Waals surface area contributed by atoms with Crippen molar-refractivity contribution in [3.63, 3.8) is 0 Å². The molecule has 0 fully saturated rings. The van der Waals surface area contributed by atoms with Gasteiger partial charge in [0.2, 0.25) is 5.91 Å². The highest BCUT2D eigenvalue weighted by Crippen LogP contribution is 2.26. The van der Waals surface area contributed by atoms with Crippen LogP contribution in [0.25, 0.3) is 11.4 Å². The van der Waals surface area contributed by atoms with Crippen LogP contribution in [-0.2, 0) is 41.7 Å². The van der Waals surface area contributed by atoms with Gasteiger partial charge in [0.25, 0.3) is 5.91 Å². The van der Waals surface area contributed by atoms with E-state index in [1.165, 1.54) is 13.8 Å². The first-order valence-corrected chi connectivity index (χ1v) is 17.3. The Hall–Kier alpha value is -5.49. The molecule has 0 saturated heterocycles. The highest BCUT2D eigenvalue weighted by molar-refractivity contribution is 5.99. The number of imidazole rings is 1. The number of ether oxygens (including phenoxy) is 3. The number of anilines is 1. The van der Waals surface area contributed by atoms with Crippen molar-refractivity contribution in [3.05, 3.63) is 108 Å². The van der Waals surface area contributed by atoms with Crippen molar-refractivity contribution >= 4 is 29.7 Å². The zero-order valence-corrected chi connectivity index (χ0v) is 30.7. The summed E-state index contributed by atoms with van der Waals surface area (Å²) in [5.41, 5.74) is 0.336. The minimum Gasteiger partial charge on any atom is -0.466 e. The third kappa shape index (κ3) is 11.8. The minimum atomic E-state index is -1.43. The van der Waals surface area contributed by atoms with Crippen molar-refractivity contribution in [2.75, 3.05) is 18.5 Å². The molecule has 3 amide bonds. The number of nitrogens with zero attached hydrogens (tertiary/aromatic N) is 2. The van der Waals surface area contributed by atoms with Crippen molar-refractivity contribution in [2.45, 2.75) is 84.2 Å². The summed E-state index contributed by atoms with van der Waals surface area (Å²) < 4.78 is 18.5. The maximum absolute atomic E-state index is 13.9. The van der Waals surface area contributed by atoms with Crippen molar-refractivity contribution in [1.29, 1.82) is 0 Å². The van der Waals surface area contributed by atoms with Crippen LogP contribution in [0.1, 0.15) is 65.0 Å². The van der Waals surface area contributed by atoms with Gasteiger partial charge < -0.3 is 34.7 Å². The zero-order valence-electron chi connectivity index (χ0n) is 30.7. The second kappa shape index (κ2) is 18.1. The molecule has 276 valence electrons. The average molecular weight is 712 g/mol. The molecule has 0 aliphatic rings. The Labute approximate surface area is 305 Å². The number of carbonyl (C=O) groups excluding carboxylic acids is 4. The van der Waals surface area contributed by atoms with E-state index in [0.717, 1.165) is 16.7 Å². The average Bonchev–Trinajstić information content (AvgIpc) is 3.50. The number of hydrogen-bond acceptors (Lipinski definition) is 8. The van der Waals surface area contributed by atoms with Crippen molar-refractivity contribution in [1.82, 2.24) is 20.2 Å². The van der Waals surface area contributed by atoms with Crippen LogP contribution in [0, 0.1) is 0 Å². The van der Waals surface area contributed by atoms with Gasteiger partial charge in [-0.3, -0.25) is 14.4 Å². The quantitative estimate of drug-likeness (QED) is 0.116. The van der Waals surface area contributed by atoms with E-state index < -0.39 is 41.0 Å². The summed E-state index contributed by atoms with van der Waals surface area (Å²) in [6.45, 7) is 10.6. The van der Waals surface area contributed by atoms with Gasteiger partial charge in [-0.25, -0.2) is 9.78 Å². The number of aryl methyl sites for hydroxylation is 1. The lowest BCUT2D eigenvalue weighted by Gasteiger charge is -2.29. The molecule has 0 bridgehead atoms. The molecule has 0 saturated carbocycles. The molecule has 4 aromatic rings. The van der Waals surface area contributed by atoms with E-state index in [4.69, 9.17) is 19.2 Å². The van der Waals surface area contributed by atoms with E-state index in [2.05, 4.69) is 16.0 Å². The normalized spacial score (nSPS) is 12.7. The minimum absolute atomic E-state index is 0.167. The summed E-state index contributed by atoms with van der Waals surface area (Å²) in [7, 11) is 0. The Morgan fingerprint density at radius 2 is 1.46 bits per heavy atom. The molecular formula is C40H49N5O7. The number of nitrogens with one attached hydrogen (secondary N) is 3. The van der Waals surface area contributed by atoms with E-state index in [0.29, 0.717) is 18.8 Å². The second-order valence-corrected chi connectivity index (χ2v) is 13.8. The smallest absolute Gasteiger partial charge is 0.408 e. The molecule has 1 aromatic heterocycles. The number of benzene rings is 3. The van der Waals surface area contributed by atoms with Crippen LogP contribution in [0.5, 0.6) is 0 Å². The van der Waals surface area contributed by atoms with E-state index in [-0.39, 0.29) is 31.6 Å². The summed E-state index contributed by atoms with van der Waals surface area (Å²) in [6, 6.07) is 27.2. The Morgan fingerprint density at radius 1 is 0.846 bits per heavy atom. The Bertz CT molecular complexity index is 1770. The SMILES string of the molecule is CCOC(=O)C(CCn1cc(NC(=O)[C@@H](COCc2ccccc2)NC(=O)C(C)(C)NC(=O)OC(C)(C)C)nc1-c1ccccc1)c1ccccc1. The van der Waals surface area contributed by atoms with Crippen molar-refractivity contribution in [3.8, 4) is 11.4 Å². The van der Waals surface area contributed by atoms with E-state index in [9.17, 15) is 19.2 Å². The number of carbonyl (C=O) groups is 4. The van der Waals surface area contributed by atoms with Crippen LogP contribution in [0.4, 0.5) is 10.6 Å². The summed E-state index contributed by atoms with van der Waals surface area (Å²) in [6.07, 6.45) is 1.34. The van der Waals surface area contributed by atoms with Gasteiger partial charge in [0.15, 0.2) is 5.82 Å². The Kier molecular flexibility index (Phi) is 13.7. The van der Waals surface area contributed by atoms with E-state index in [1.54, 1.807) is 33.9 Å². The first-order chi connectivity index (χ1) is 24.8. The predicted octanol–water partition coefficient (Wildman–Crippen LogP) is 6.23. The van der Waals surface area contributed by atoms with Gasteiger partial charge in [0, 0.05) is 18.3 Å². The number of aromatic nitrogens is 2. The van der Waals surface area contributed by atoms with Crippen LogP contribution in [-0.4, -0.2) is 63.8 Å². The van der Waals surface area contributed by atoms with Crippen LogP contribution < -0.4 is 16.0 Å². The van der Waals surface area contributed by atoms with E-state index >= 15 is 0 Å². The van der Waals surface area contributed by atoms with Crippen LogP contribution >= 0.6 is 0 Å². The predicted molar refractivity (Wildman–Crippen MR) is 198 cm³/mol. The lowest BCUT2D eigenvalue weighted by atomic mass is 9.95. The lowest BCUT2D eigenvalue weighted by Crippen LogP contribution is -2.59. The van der Waals surface area contributed by atoms with Gasteiger partial charge in [0.05, 0.1) is 25.7 Å². The molecule has 0 radical (unpaired) electrons. The van der Waals surface area contributed by atoms with E-state index in [1.807, 2.05) is 95.6 Å². The number of rotatable bonds is 16. The fourth-order valence-electron chi connectivity index (χ4n) is 5.30. The van der Waals surface area contributed by atoms with Gasteiger partial charge in [-0.2, -0.15) is 0 Å². The molecule has 0 aliphatic heterocycles. The lowest BCUT2D eigenvalue weighted by molar-refractivity contribution is -0.145. The molecule has 12 heteroatoms. The third-order valence-electron chi connectivity index (χ3n) is 7.89. The van der Waals surface area contributed by atoms with Gasteiger partial charge in [-0.05, 0) is 59.1 Å². The molecule has 4 rings (SSSR count). The van der Waals surface area contributed by atoms with Crippen LogP contribution in [0.3, 0.4) is 0 Å². The van der Waals surface area contributed by atoms with Gasteiger partial charge in [-0.1, -0.05) is 91.0 Å². The van der Waals surface area contributed by atoms with Gasteiger partial charge in [0.1, 0.15) is 23.0 Å². The first-order valence-electron chi connectivity index (χ1n) is 17.3. The van der Waals surface area contributed by atoms with Gasteiger partial charge in [-0.15, -0.1) is 0 Å². The maximum Gasteiger partial charge on any atom is 0.408 e. The number of hydrogen-bond donors (Lipinski definition) is 3. The molecule has 2 atom stereocenters. The molecular weight excluding hydrogens is 662 g/mol. The highest BCUT2D eigenvalue weighted by Gasteiger charge is 2.35. The summed E-state index contributed by atoms with van der Waals surface area (Å²) >= 11 is 0. The summed E-state index contributed by atoms with van der Waals surface area (Å²) in [5, 5.41) is 8.15. The first kappa shape index (κ1) is 39.3. The summed E-state index contributed by atoms with van der Waals surface area (Å²) in [4.78, 5) is 57.7. The monoisotopic (exact) mass is 711 g/mol. The Morgan fingerprint density at radius 3 is 2.08 bits per heavy atom. The van der Waals surface area contributed by atoms with Gasteiger partial charge >= 0.3 is 12.1 Å². The molecule has 1 heterocycles. The molecule has 12 nitrogen and oxygen atoms in total. The van der Waals surface area contributed by atoms with Crippen LogP contribution in [0.2, 0.25) is 0 Å². The molecule has 3 N–H and O–H groups in total. The van der Waals surface area contributed by atoms with Crippen molar-refractivity contribution in [2.24, 2.45) is 0 Å². The fraction of sp³-hybridized carbons (Fsp3) is 0.375. The topological polar surface area (TPSA) is 150 Å². The number of esters is 1.